The number of hydrogen-bond acceptors (Lipinski definition) is 2. The van der Waals surface area contributed by atoms with Crippen molar-refractivity contribution >= 4 is 17.0 Å². The molecule has 0 aliphatic carbocycles. The van der Waals surface area contributed by atoms with E-state index < -0.39 is 12.0 Å². The number of nitrogens with zero attached hydrogens (tertiary/aromatic N) is 2. The summed E-state index contributed by atoms with van der Waals surface area (Å²) in [6, 6.07) is 7.09. The van der Waals surface area contributed by atoms with Gasteiger partial charge in [0.25, 0.3) is 0 Å². The molecule has 0 spiro atoms. The van der Waals surface area contributed by atoms with Crippen LogP contribution in [0.2, 0.25) is 0 Å². The topological polar surface area (TPSA) is 55.1 Å². The molecule has 4 heteroatoms. The number of carboxylic acids is 1. The van der Waals surface area contributed by atoms with Crippen molar-refractivity contribution in [3.05, 3.63) is 30.6 Å². The minimum atomic E-state index is -0.790. The van der Waals surface area contributed by atoms with E-state index in [1.165, 1.54) is 0 Å². The molecule has 17 heavy (non-hydrogen) atoms. The zero-order valence-corrected chi connectivity index (χ0v) is 9.84. The molecule has 1 atom stereocenters. The third kappa shape index (κ3) is 2.30. The monoisotopic (exact) mass is 232 g/mol. The van der Waals surface area contributed by atoms with Gasteiger partial charge in [-0.1, -0.05) is 31.9 Å². The summed E-state index contributed by atoms with van der Waals surface area (Å²) in [6.07, 6.45) is 4.17. The molecule has 1 heterocycles. The lowest BCUT2D eigenvalue weighted by atomic mass is 10.1. The number of hydrogen-bond donors (Lipinski definition) is 1. The molecule has 90 valence electrons. The van der Waals surface area contributed by atoms with E-state index in [9.17, 15) is 9.90 Å². The van der Waals surface area contributed by atoms with Crippen molar-refractivity contribution in [2.75, 3.05) is 0 Å². The maximum atomic E-state index is 11.3. The van der Waals surface area contributed by atoms with Gasteiger partial charge in [-0.3, -0.25) is 0 Å². The number of aliphatic carboxylic acids is 1. The van der Waals surface area contributed by atoms with Gasteiger partial charge in [-0.15, -0.1) is 0 Å². The summed E-state index contributed by atoms with van der Waals surface area (Å²) in [5.74, 6) is -0.790. The summed E-state index contributed by atoms with van der Waals surface area (Å²) in [5.41, 5.74) is 1.73. The number of para-hydroxylation sites is 2. The van der Waals surface area contributed by atoms with E-state index in [1.807, 2.05) is 24.3 Å². The Hall–Kier alpha value is -1.84. The maximum Gasteiger partial charge on any atom is 0.326 e. The molecule has 2 rings (SSSR count). The molecule has 0 radical (unpaired) electrons. The fourth-order valence-corrected chi connectivity index (χ4v) is 2.01. The number of benzene rings is 1. The summed E-state index contributed by atoms with van der Waals surface area (Å²) in [6.45, 7) is 2.06. The third-order valence-corrected chi connectivity index (χ3v) is 2.93. The van der Waals surface area contributed by atoms with Gasteiger partial charge < -0.3 is 9.67 Å². The average Bonchev–Trinajstić information content (AvgIpc) is 2.73. The number of carbonyl (C=O) groups is 1. The molecule has 1 aromatic carbocycles. The SMILES string of the molecule is CCCCC(C(=O)O)n1cnc2ccccc21. The number of rotatable bonds is 5. The van der Waals surface area contributed by atoms with Gasteiger partial charge in [-0.05, 0) is 18.6 Å². The van der Waals surface area contributed by atoms with Gasteiger partial charge in [0.05, 0.1) is 17.4 Å². The number of aromatic nitrogens is 2. The lowest BCUT2D eigenvalue weighted by Gasteiger charge is -2.14. The van der Waals surface area contributed by atoms with Crippen LogP contribution in [-0.2, 0) is 4.79 Å². The Bertz CT molecular complexity index is 519. The summed E-state index contributed by atoms with van der Waals surface area (Å²) in [7, 11) is 0. The third-order valence-electron chi connectivity index (χ3n) is 2.93. The second-order valence-corrected chi connectivity index (χ2v) is 4.14. The number of imidazole rings is 1. The van der Waals surface area contributed by atoms with Crippen molar-refractivity contribution in [1.29, 1.82) is 0 Å². The first kappa shape index (κ1) is 11.6. The van der Waals surface area contributed by atoms with Gasteiger partial charge in [-0.2, -0.15) is 0 Å². The Balaban J connectivity index is 2.38. The van der Waals surface area contributed by atoms with Crippen LogP contribution in [0.3, 0.4) is 0 Å². The van der Waals surface area contributed by atoms with Crippen molar-refractivity contribution in [2.45, 2.75) is 32.2 Å². The molecule has 0 aliphatic rings. The summed E-state index contributed by atoms with van der Waals surface area (Å²) >= 11 is 0. The molecule has 0 saturated heterocycles. The molecular formula is C13H16N2O2. The van der Waals surface area contributed by atoms with E-state index >= 15 is 0 Å². The van der Waals surface area contributed by atoms with Crippen molar-refractivity contribution in [2.24, 2.45) is 0 Å². The highest BCUT2D eigenvalue weighted by Crippen LogP contribution is 2.21. The minimum absolute atomic E-state index is 0.512. The van der Waals surface area contributed by atoms with Crippen LogP contribution in [0.15, 0.2) is 30.6 Å². The first-order valence-electron chi connectivity index (χ1n) is 5.88. The lowest BCUT2D eigenvalue weighted by Crippen LogP contribution is -2.18. The molecule has 0 bridgehead atoms. The van der Waals surface area contributed by atoms with Crippen molar-refractivity contribution in [3.63, 3.8) is 0 Å². The van der Waals surface area contributed by atoms with Gasteiger partial charge in [-0.25, -0.2) is 9.78 Å². The molecular weight excluding hydrogens is 216 g/mol. The van der Waals surface area contributed by atoms with Gasteiger partial charge in [0.1, 0.15) is 6.04 Å². The Morgan fingerprint density at radius 1 is 1.47 bits per heavy atom. The van der Waals surface area contributed by atoms with Crippen molar-refractivity contribution < 1.29 is 9.90 Å². The van der Waals surface area contributed by atoms with E-state index in [4.69, 9.17) is 0 Å². The molecule has 1 N–H and O–H groups in total. The van der Waals surface area contributed by atoms with E-state index in [0.29, 0.717) is 6.42 Å². The van der Waals surface area contributed by atoms with Crippen molar-refractivity contribution in [1.82, 2.24) is 9.55 Å². The highest BCUT2D eigenvalue weighted by Gasteiger charge is 2.20. The Morgan fingerprint density at radius 2 is 2.24 bits per heavy atom. The van der Waals surface area contributed by atoms with E-state index in [1.54, 1.807) is 10.9 Å². The van der Waals surface area contributed by atoms with Gasteiger partial charge in [0, 0.05) is 0 Å². The molecule has 4 nitrogen and oxygen atoms in total. The Morgan fingerprint density at radius 3 is 2.94 bits per heavy atom. The Labute approximate surface area is 99.9 Å². The van der Waals surface area contributed by atoms with Crippen LogP contribution in [0.4, 0.5) is 0 Å². The fraction of sp³-hybridized carbons (Fsp3) is 0.385. The first-order valence-corrected chi connectivity index (χ1v) is 5.88. The predicted octanol–water partition coefficient (Wildman–Crippen LogP) is 2.85. The highest BCUT2D eigenvalue weighted by atomic mass is 16.4. The number of fused-ring (bicyclic) bond motifs is 1. The second kappa shape index (κ2) is 4.99. The zero-order valence-electron chi connectivity index (χ0n) is 9.84. The zero-order chi connectivity index (χ0) is 12.3. The van der Waals surface area contributed by atoms with Crippen LogP contribution in [0.5, 0.6) is 0 Å². The quantitative estimate of drug-likeness (QED) is 0.862. The molecule has 0 aliphatic heterocycles. The second-order valence-electron chi connectivity index (χ2n) is 4.14. The Kier molecular flexibility index (Phi) is 3.42. The summed E-state index contributed by atoms with van der Waals surface area (Å²) in [5, 5.41) is 9.28. The van der Waals surface area contributed by atoms with Crippen molar-refractivity contribution in [3.8, 4) is 0 Å². The normalized spacial score (nSPS) is 12.8. The van der Waals surface area contributed by atoms with E-state index in [2.05, 4.69) is 11.9 Å². The minimum Gasteiger partial charge on any atom is -0.480 e. The molecule has 0 saturated carbocycles. The van der Waals surface area contributed by atoms with Crippen LogP contribution in [-0.4, -0.2) is 20.6 Å². The van der Waals surface area contributed by atoms with E-state index in [0.717, 1.165) is 23.9 Å². The van der Waals surface area contributed by atoms with Gasteiger partial charge in [0.2, 0.25) is 0 Å². The van der Waals surface area contributed by atoms with Gasteiger partial charge in [0.15, 0.2) is 0 Å². The largest absolute Gasteiger partial charge is 0.480 e. The number of unbranched alkanes of at least 4 members (excludes halogenated alkanes) is 1. The van der Waals surface area contributed by atoms with Crippen LogP contribution in [0.1, 0.15) is 32.2 Å². The molecule has 0 amide bonds. The number of carboxylic acid groups (broad SMARTS) is 1. The predicted molar refractivity (Wildman–Crippen MR) is 65.9 cm³/mol. The van der Waals surface area contributed by atoms with Crippen LogP contribution in [0, 0.1) is 0 Å². The standard InChI is InChI=1S/C13H16N2O2/c1-2-3-7-12(13(16)17)15-9-14-10-6-4-5-8-11(10)15/h4-6,8-9,12H,2-3,7H2,1H3,(H,16,17). The first-order chi connectivity index (χ1) is 8.24. The smallest absolute Gasteiger partial charge is 0.326 e. The molecule has 1 aromatic heterocycles. The van der Waals surface area contributed by atoms with E-state index in [-0.39, 0.29) is 0 Å². The molecule has 2 aromatic rings. The van der Waals surface area contributed by atoms with Crippen LogP contribution >= 0.6 is 0 Å². The maximum absolute atomic E-state index is 11.3. The fourth-order valence-electron chi connectivity index (χ4n) is 2.01. The molecule has 0 fully saturated rings. The molecule has 1 unspecified atom stereocenters. The lowest BCUT2D eigenvalue weighted by molar-refractivity contribution is -0.141. The van der Waals surface area contributed by atoms with Gasteiger partial charge >= 0.3 is 5.97 Å². The summed E-state index contributed by atoms with van der Waals surface area (Å²) in [4.78, 5) is 15.5. The van der Waals surface area contributed by atoms with Crippen LogP contribution < -0.4 is 0 Å². The summed E-state index contributed by atoms with van der Waals surface area (Å²) < 4.78 is 1.76. The average molecular weight is 232 g/mol. The highest BCUT2D eigenvalue weighted by molar-refractivity contribution is 5.79. The van der Waals surface area contributed by atoms with Crippen LogP contribution in [0.25, 0.3) is 11.0 Å².